The fourth-order valence-electron chi connectivity index (χ4n) is 3.28. The molecule has 2 rings (SSSR count). The van der Waals surface area contributed by atoms with Crippen LogP contribution in [-0.4, -0.2) is 57.8 Å². The Hall–Kier alpha value is -2.21. The first kappa shape index (κ1) is 20.1. The third-order valence-corrected chi connectivity index (χ3v) is 4.72. The van der Waals surface area contributed by atoms with Crippen molar-refractivity contribution in [3.05, 3.63) is 41.4 Å². The Morgan fingerprint density at radius 3 is 2.54 bits per heavy atom. The Morgan fingerprint density at radius 1 is 1.31 bits per heavy atom. The second-order valence-electron chi connectivity index (χ2n) is 6.97. The summed E-state index contributed by atoms with van der Waals surface area (Å²) in [5.41, 5.74) is 0.790. The van der Waals surface area contributed by atoms with E-state index >= 15 is 0 Å². The van der Waals surface area contributed by atoms with E-state index in [2.05, 4.69) is 23.7 Å². The lowest BCUT2D eigenvalue weighted by molar-refractivity contribution is -0.129. The molecule has 1 aromatic heterocycles. The van der Waals surface area contributed by atoms with Gasteiger partial charge in [-0.15, -0.1) is 0 Å². The molecule has 1 atom stereocenters. The van der Waals surface area contributed by atoms with Gasteiger partial charge >= 0.3 is 0 Å². The van der Waals surface area contributed by atoms with Crippen molar-refractivity contribution in [2.45, 2.75) is 40.2 Å². The zero-order valence-corrected chi connectivity index (χ0v) is 16.1. The Labute approximate surface area is 155 Å². The summed E-state index contributed by atoms with van der Waals surface area (Å²) in [5.74, 6) is -0.954. The van der Waals surface area contributed by atoms with E-state index in [1.807, 2.05) is 19.9 Å². The maximum atomic E-state index is 12.8. The van der Waals surface area contributed by atoms with Crippen LogP contribution in [0, 0.1) is 5.92 Å². The topological polar surface area (TPSA) is 73.7 Å². The average molecular weight is 359 g/mol. The van der Waals surface area contributed by atoms with Crippen molar-refractivity contribution in [3.63, 3.8) is 0 Å². The first-order valence-corrected chi connectivity index (χ1v) is 9.31. The standard InChI is InChI=1S/C20H29N3O3/c1-5-22(6-2)11-12-23-18(15-9-7-8-10-21-15)17(19(25)20(23)26)16(24)13-14(3)4/h7-10,14,18,25H,5-6,11-13H2,1-4H3. The molecule has 1 aliphatic rings. The van der Waals surface area contributed by atoms with Gasteiger partial charge in [0, 0.05) is 25.7 Å². The molecule has 1 amide bonds. The van der Waals surface area contributed by atoms with Crippen molar-refractivity contribution >= 4 is 11.7 Å². The van der Waals surface area contributed by atoms with E-state index in [9.17, 15) is 14.7 Å². The number of hydrogen-bond acceptors (Lipinski definition) is 5. The molecule has 2 heterocycles. The molecule has 0 spiro atoms. The molecular formula is C20H29N3O3. The van der Waals surface area contributed by atoms with E-state index in [-0.39, 0.29) is 17.3 Å². The van der Waals surface area contributed by atoms with Crippen LogP contribution in [-0.2, 0) is 9.59 Å². The highest BCUT2D eigenvalue weighted by Gasteiger charge is 2.43. The van der Waals surface area contributed by atoms with Crippen molar-refractivity contribution in [1.82, 2.24) is 14.8 Å². The molecule has 0 saturated carbocycles. The molecule has 1 aromatic rings. The van der Waals surface area contributed by atoms with E-state index in [4.69, 9.17) is 0 Å². The number of hydrogen-bond donors (Lipinski definition) is 1. The number of likely N-dealkylation sites (N-methyl/N-ethyl adjacent to an activating group) is 1. The van der Waals surface area contributed by atoms with Crippen LogP contribution in [0.15, 0.2) is 35.7 Å². The van der Waals surface area contributed by atoms with Gasteiger partial charge in [0.1, 0.15) is 6.04 Å². The van der Waals surface area contributed by atoms with Crippen LogP contribution in [0.5, 0.6) is 0 Å². The number of carbonyl (C=O) groups is 2. The third-order valence-electron chi connectivity index (χ3n) is 4.72. The fourth-order valence-corrected chi connectivity index (χ4v) is 3.28. The molecule has 0 fully saturated rings. The Bertz CT molecular complexity index is 666. The van der Waals surface area contributed by atoms with E-state index in [0.29, 0.717) is 25.2 Å². The van der Waals surface area contributed by atoms with Crippen molar-refractivity contribution in [2.24, 2.45) is 5.92 Å². The summed E-state index contributed by atoms with van der Waals surface area (Å²) in [6, 6.07) is 4.80. The van der Waals surface area contributed by atoms with Crippen molar-refractivity contribution in [2.75, 3.05) is 26.2 Å². The maximum absolute atomic E-state index is 12.8. The molecule has 6 nitrogen and oxygen atoms in total. The number of aliphatic hydroxyl groups excluding tert-OH is 1. The number of ketones is 1. The van der Waals surface area contributed by atoms with Gasteiger partial charge in [-0.1, -0.05) is 33.8 Å². The van der Waals surface area contributed by atoms with Crippen LogP contribution in [0.1, 0.15) is 45.9 Å². The normalized spacial score (nSPS) is 17.7. The number of aromatic nitrogens is 1. The van der Waals surface area contributed by atoms with Crippen LogP contribution in [0.2, 0.25) is 0 Å². The molecule has 0 bridgehead atoms. The van der Waals surface area contributed by atoms with Crippen LogP contribution in [0.4, 0.5) is 0 Å². The monoisotopic (exact) mass is 359 g/mol. The van der Waals surface area contributed by atoms with Crippen molar-refractivity contribution < 1.29 is 14.7 Å². The lowest BCUT2D eigenvalue weighted by Gasteiger charge is -2.28. The second-order valence-corrected chi connectivity index (χ2v) is 6.97. The maximum Gasteiger partial charge on any atom is 0.290 e. The van der Waals surface area contributed by atoms with Gasteiger partial charge in [-0.3, -0.25) is 14.6 Å². The van der Waals surface area contributed by atoms with Gasteiger partial charge in [-0.05, 0) is 31.1 Å². The minimum Gasteiger partial charge on any atom is -0.503 e. The quantitative estimate of drug-likeness (QED) is 0.734. The summed E-state index contributed by atoms with van der Waals surface area (Å²) < 4.78 is 0. The van der Waals surface area contributed by atoms with Gasteiger partial charge in [0.25, 0.3) is 5.91 Å². The molecule has 1 N–H and O–H groups in total. The third kappa shape index (κ3) is 4.30. The highest BCUT2D eigenvalue weighted by Crippen LogP contribution is 2.37. The molecule has 1 unspecified atom stereocenters. The first-order valence-electron chi connectivity index (χ1n) is 9.31. The smallest absolute Gasteiger partial charge is 0.290 e. The summed E-state index contributed by atoms with van der Waals surface area (Å²) in [5, 5.41) is 10.4. The fraction of sp³-hybridized carbons (Fsp3) is 0.550. The molecule has 0 aromatic carbocycles. The molecular weight excluding hydrogens is 330 g/mol. The number of aliphatic hydroxyl groups is 1. The Kier molecular flexibility index (Phi) is 6.91. The molecule has 0 radical (unpaired) electrons. The van der Waals surface area contributed by atoms with Crippen LogP contribution < -0.4 is 0 Å². The van der Waals surface area contributed by atoms with E-state index in [0.717, 1.165) is 13.1 Å². The van der Waals surface area contributed by atoms with E-state index in [1.54, 1.807) is 23.2 Å². The van der Waals surface area contributed by atoms with Gasteiger partial charge < -0.3 is 14.9 Å². The van der Waals surface area contributed by atoms with Gasteiger partial charge in [0.15, 0.2) is 11.5 Å². The van der Waals surface area contributed by atoms with Gasteiger partial charge in [0.05, 0.1) is 11.3 Å². The van der Waals surface area contributed by atoms with Gasteiger partial charge in [-0.2, -0.15) is 0 Å². The van der Waals surface area contributed by atoms with Crippen molar-refractivity contribution in [1.29, 1.82) is 0 Å². The summed E-state index contributed by atoms with van der Waals surface area (Å²) in [6.45, 7) is 10.9. The molecule has 142 valence electrons. The summed E-state index contributed by atoms with van der Waals surface area (Å²) in [7, 11) is 0. The number of rotatable bonds is 9. The lowest BCUT2D eigenvalue weighted by atomic mass is 9.94. The van der Waals surface area contributed by atoms with E-state index in [1.165, 1.54) is 0 Å². The molecule has 0 saturated heterocycles. The Balaban J connectivity index is 2.36. The summed E-state index contributed by atoms with van der Waals surface area (Å²) >= 11 is 0. The minimum absolute atomic E-state index is 0.145. The zero-order valence-electron chi connectivity index (χ0n) is 16.1. The van der Waals surface area contributed by atoms with E-state index < -0.39 is 17.7 Å². The number of pyridine rings is 1. The largest absolute Gasteiger partial charge is 0.503 e. The number of amides is 1. The highest BCUT2D eigenvalue weighted by molar-refractivity contribution is 6.08. The zero-order chi connectivity index (χ0) is 19.3. The molecule has 26 heavy (non-hydrogen) atoms. The number of nitrogens with zero attached hydrogens (tertiary/aromatic N) is 3. The Morgan fingerprint density at radius 2 is 2.00 bits per heavy atom. The predicted molar refractivity (Wildman–Crippen MR) is 101 cm³/mol. The summed E-state index contributed by atoms with van der Waals surface area (Å²) in [4.78, 5) is 33.6. The second kappa shape index (κ2) is 8.94. The molecule has 0 aliphatic carbocycles. The molecule has 1 aliphatic heterocycles. The molecule has 6 heteroatoms. The number of carbonyl (C=O) groups excluding carboxylic acids is 2. The lowest BCUT2D eigenvalue weighted by Crippen LogP contribution is -2.39. The van der Waals surface area contributed by atoms with Gasteiger partial charge in [0.2, 0.25) is 0 Å². The predicted octanol–water partition coefficient (Wildman–Crippen LogP) is 2.73. The van der Waals surface area contributed by atoms with Crippen LogP contribution in [0.25, 0.3) is 0 Å². The number of Topliss-reactive ketones (excluding diaryl/α,β-unsaturated/α-hetero) is 1. The summed E-state index contributed by atoms with van der Waals surface area (Å²) in [6.07, 6.45) is 1.93. The highest BCUT2D eigenvalue weighted by atomic mass is 16.3. The average Bonchev–Trinajstić information content (AvgIpc) is 2.87. The minimum atomic E-state index is -0.620. The van der Waals surface area contributed by atoms with Crippen molar-refractivity contribution in [3.8, 4) is 0 Å². The van der Waals surface area contributed by atoms with Crippen LogP contribution in [0.3, 0.4) is 0 Å². The van der Waals surface area contributed by atoms with Gasteiger partial charge in [-0.25, -0.2) is 0 Å². The SMILES string of the molecule is CCN(CC)CCN1C(=O)C(O)=C(C(=O)CC(C)C)C1c1ccccn1. The van der Waals surface area contributed by atoms with Crippen LogP contribution >= 0.6 is 0 Å². The first-order chi connectivity index (χ1) is 12.4.